The molecule has 0 aliphatic heterocycles. The summed E-state index contributed by atoms with van der Waals surface area (Å²) in [4.78, 5) is 0. The summed E-state index contributed by atoms with van der Waals surface area (Å²) in [6.07, 6.45) is 1.69. The smallest absolute Gasteiger partial charge is 0.211 e. The molecule has 2 N–H and O–H groups in total. The van der Waals surface area contributed by atoms with Gasteiger partial charge in [-0.3, -0.25) is 0 Å². The highest BCUT2D eigenvalue weighted by Crippen LogP contribution is 2.05. The van der Waals surface area contributed by atoms with Gasteiger partial charge < -0.3 is 10.5 Å². The van der Waals surface area contributed by atoms with E-state index in [1.54, 1.807) is 16.9 Å². The Morgan fingerprint density at radius 3 is 3.10 bits per heavy atom. The van der Waals surface area contributed by atoms with Crippen LogP contribution in [0, 0.1) is 0 Å². The van der Waals surface area contributed by atoms with Gasteiger partial charge in [0.1, 0.15) is 6.61 Å². The molecule has 0 aliphatic rings. The van der Waals surface area contributed by atoms with E-state index in [2.05, 4.69) is 5.10 Å². The predicted octanol–water partition coefficient (Wildman–Crippen LogP) is -0.242. The van der Waals surface area contributed by atoms with Crippen LogP contribution in [0.5, 0.6) is 5.88 Å². The third kappa shape index (κ3) is 1.48. The fraction of sp³-hybridized carbons (Fsp3) is 0.500. The first-order valence-electron chi connectivity index (χ1n) is 3.15. The second kappa shape index (κ2) is 3.22. The Kier molecular flexibility index (Phi) is 2.28. The van der Waals surface area contributed by atoms with Gasteiger partial charge in [-0.05, 0) is 0 Å². The van der Waals surface area contributed by atoms with Crippen molar-refractivity contribution in [3.63, 3.8) is 0 Å². The van der Waals surface area contributed by atoms with Gasteiger partial charge in [0, 0.05) is 19.7 Å². The van der Waals surface area contributed by atoms with Crippen LogP contribution in [0.2, 0.25) is 0 Å². The molecule has 10 heavy (non-hydrogen) atoms. The lowest BCUT2D eigenvalue weighted by molar-refractivity contribution is 0.299. The molecule has 1 aromatic heterocycles. The normalized spacial score (nSPS) is 9.80. The number of nitrogens with two attached hydrogens (primary N) is 1. The molecular weight excluding hydrogens is 130 g/mol. The zero-order valence-corrected chi connectivity index (χ0v) is 5.95. The monoisotopic (exact) mass is 141 g/mol. The molecule has 0 fully saturated rings. The van der Waals surface area contributed by atoms with Crippen LogP contribution in [0.3, 0.4) is 0 Å². The van der Waals surface area contributed by atoms with Gasteiger partial charge in [0.05, 0.1) is 6.20 Å². The molecule has 4 nitrogen and oxygen atoms in total. The molecule has 0 radical (unpaired) electrons. The maximum Gasteiger partial charge on any atom is 0.211 e. The molecule has 56 valence electrons. The molecule has 0 unspecified atom stereocenters. The summed E-state index contributed by atoms with van der Waals surface area (Å²) in [6.45, 7) is 1.07. The third-order valence-electron chi connectivity index (χ3n) is 1.14. The van der Waals surface area contributed by atoms with Gasteiger partial charge in [0.15, 0.2) is 0 Å². The molecule has 0 spiro atoms. The van der Waals surface area contributed by atoms with Crippen molar-refractivity contribution in [3.05, 3.63) is 12.3 Å². The van der Waals surface area contributed by atoms with Crippen LogP contribution in [0.15, 0.2) is 12.3 Å². The maximum absolute atomic E-state index is 5.24. The minimum absolute atomic E-state index is 0.533. The molecule has 4 heteroatoms. The number of aryl methyl sites for hydroxylation is 1. The SMILES string of the molecule is Cn1nccc1OCCN. The quantitative estimate of drug-likeness (QED) is 0.632. The Bertz CT molecular complexity index is 197. The zero-order chi connectivity index (χ0) is 7.40. The Hall–Kier alpha value is -1.03. The lowest BCUT2D eigenvalue weighted by Crippen LogP contribution is -2.12. The summed E-state index contributed by atoms with van der Waals surface area (Å²) in [5.41, 5.74) is 5.24. The average molecular weight is 141 g/mol. The average Bonchev–Trinajstić information content (AvgIpc) is 2.31. The fourth-order valence-electron chi connectivity index (χ4n) is 0.667. The van der Waals surface area contributed by atoms with Gasteiger partial charge in [-0.1, -0.05) is 0 Å². The number of aromatic nitrogens is 2. The second-order valence-corrected chi connectivity index (χ2v) is 1.93. The van der Waals surface area contributed by atoms with Crippen molar-refractivity contribution in [1.29, 1.82) is 0 Å². The largest absolute Gasteiger partial charge is 0.476 e. The van der Waals surface area contributed by atoms with Crippen molar-refractivity contribution >= 4 is 0 Å². The third-order valence-corrected chi connectivity index (χ3v) is 1.14. The van der Waals surface area contributed by atoms with E-state index in [1.165, 1.54) is 0 Å². The minimum Gasteiger partial charge on any atom is -0.476 e. The van der Waals surface area contributed by atoms with Crippen LogP contribution in [0.1, 0.15) is 0 Å². The van der Waals surface area contributed by atoms with Crippen molar-refractivity contribution in [2.45, 2.75) is 0 Å². The minimum atomic E-state index is 0.533. The molecule has 1 rings (SSSR count). The van der Waals surface area contributed by atoms with E-state index in [4.69, 9.17) is 10.5 Å². The van der Waals surface area contributed by atoms with E-state index in [0.717, 1.165) is 5.88 Å². The van der Waals surface area contributed by atoms with E-state index < -0.39 is 0 Å². The molecule has 1 heterocycles. The van der Waals surface area contributed by atoms with Crippen molar-refractivity contribution in [1.82, 2.24) is 9.78 Å². The van der Waals surface area contributed by atoms with Gasteiger partial charge in [0.2, 0.25) is 5.88 Å². The van der Waals surface area contributed by atoms with E-state index in [-0.39, 0.29) is 0 Å². The van der Waals surface area contributed by atoms with Crippen LogP contribution in [0.25, 0.3) is 0 Å². The number of rotatable bonds is 3. The number of hydrogen-bond acceptors (Lipinski definition) is 3. The Balaban J connectivity index is 2.49. The van der Waals surface area contributed by atoms with E-state index in [9.17, 15) is 0 Å². The lowest BCUT2D eigenvalue weighted by atomic mass is 10.6. The first-order chi connectivity index (χ1) is 4.84. The standard InChI is InChI=1S/C6H11N3O/c1-9-6(2-4-8-9)10-5-3-7/h2,4H,3,5,7H2,1H3. The topological polar surface area (TPSA) is 53.1 Å². The van der Waals surface area contributed by atoms with Crippen LogP contribution < -0.4 is 10.5 Å². The highest BCUT2D eigenvalue weighted by molar-refractivity contribution is 5.06. The molecule has 0 bridgehead atoms. The molecule has 0 atom stereocenters. The van der Waals surface area contributed by atoms with E-state index >= 15 is 0 Å². The predicted molar refractivity (Wildman–Crippen MR) is 37.8 cm³/mol. The van der Waals surface area contributed by atoms with Crippen LogP contribution in [0.4, 0.5) is 0 Å². The van der Waals surface area contributed by atoms with Gasteiger partial charge >= 0.3 is 0 Å². The summed E-state index contributed by atoms with van der Waals surface area (Å²) in [6, 6.07) is 1.80. The summed E-state index contributed by atoms with van der Waals surface area (Å²) < 4.78 is 6.86. The van der Waals surface area contributed by atoms with Crippen LogP contribution in [-0.2, 0) is 7.05 Å². The second-order valence-electron chi connectivity index (χ2n) is 1.93. The maximum atomic E-state index is 5.24. The van der Waals surface area contributed by atoms with E-state index in [0.29, 0.717) is 13.2 Å². The van der Waals surface area contributed by atoms with Crippen molar-refractivity contribution in [3.8, 4) is 5.88 Å². The lowest BCUT2D eigenvalue weighted by Gasteiger charge is -2.02. The van der Waals surface area contributed by atoms with Crippen molar-refractivity contribution < 1.29 is 4.74 Å². The molecule has 0 aliphatic carbocycles. The number of hydrogen-bond donors (Lipinski definition) is 1. The molecule has 0 aromatic carbocycles. The number of nitrogens with zero attached hydrogens (tertiary/aromatic N) is 2. The zero-order valence-electron chi connectivity index (χ0n) is 5.95. The fourth-order valence-corrected chi connectivity index (χ4v) is 0.667. The van der Waals surface area contributed by atoms with Gasteiger partial charge in [-0.15, -0.1) is 0 Å². The highest BCUT2D eigenvalue weighted by Gasteiger charge is 1.95. The summed E-state index contributed by atoms with van der Waals surface area (Å²) in [5.74, 6) is 0.755. The summed E-state index contributed by atoms with van der Waals surface area (Å²) in [7, 11) is 1.83. The Morgan fingerprint density at radius 1 is 1.80 bits per heavy atom. The highest BCUT2D eigenvalue weighted by atomic mass is 16.5. The summed E-state index contributed by atoms with van der Waals surface area (Å²) >= 11 is 0. The first kappa shape index (κ1) is 7.08. The molecule has 0 saturated carbocycles. The summed E-state index contributed by atoms with van der Waals surface area (Å²) in [5, 5.41) is 3.92. The van der Waals surface area contributed by atoms with Gasteiger partial charge in [-0.2, -0.15) is 5.10 Å². The Labute approximate surface area is 59.6 Å². The molecule has 0 saturated heterocycles. The Morgan fingerprint density at radius 2 is 2.60 bits per heavy atom. The van der Waals surface area contributed by atoms with Crippen LogP contribution >= 0.6 is 0 Å². The van der Waals surface area contributed by atoms with Crippen LogP contribution in [-0.4, -0.2) is 22.9 Å². The van der Waals surface area contributed by atoms with Gasteiger partial charge in [-0.25, -0.2) is 4.68 Å². The first-order valence-corrected chi connectivity index (χ1v) is 3.15. The molecular formula is C6H11N3O. The van der Waals surface area contributed by atoms with Crippen molar-refractivity contribution in [2.75, 3.05) is 13.2 Å². The van der Waals surface area contributed by atoms with E-state index in [1.807, 2.05) is 7.05 Å². The van der Waals surface area contributed by atoms with Gasteiger partial charge in [0.25, 0.3) is 0 Å². The van der Waals surface area contributed by atoms with Crippen molar-refractivity contribution in [2.24, 2.45) is 12.8 Å². The molecule has 0 amide bonds. The number of ether oxygens (including phenoxy) is 1. The molecule has 1 aromatic rings.